The van der Waals surface area contributed by atoms with Gasteiger partial charge in [-0.25, -0.2) is 4.79 Å². The normalized spacial score (nSPS) is 11.0. The molecule has 3 nitrogen and oxygen atoms in total. The van der Waals surface area contributed by atoms with Crippen LogP contribution in [0.15, 0.2) is 24.3 Å². The van der Waals surface area contributed by atoms with E-state index < -0.39 is 0 Å². The minimum Gasteiger partial charge on any atom is -0.459 e. The van der Waals surface area contributed by atoms with Crippen molar-refractivity contribution in [2.45, 2.75) is 26.9 Å². The molecule has 0 aliphatic carbocycles. The van der Waals surface area contributed by atoms with Crippen LogP contribution in [0, 0.1) is 6.92 Å². The number of H-pyrrole nitrogens is 1. The number of hydrogen-bond acceptors (Lipinski definition) is 2. The highest BCUT2D eigenvalue weighted by atomic mass is 16.5. The first-order chi connectivity index (χ1) is 7.56. The van der Waals surface area contributed by atoms with Crippen LogP contribution < -0.4 is 0 Å². The number of carbonyl (C=O) groups is 1. The highest BCUT2D eigenvalue weighted by molar-refractivity contribution is 5.94. The van der Waals surface area contributed by atoms with Crippen LogP contribution in [0.4, 0.5) is 0 Å². The third kappa shape index (κ3) is 2.08. The van der Waals surface area contributed by atoms with E-state index in [1.54, 1.807) is 6.07 Å². The quantitative estimate of drug-likeness (QED) is 0.785. The molecule has 0 fully saturated rings. The van der Waals surface area contributed by atoms with E-state index in [-0.39, 0.29) is 12.1 Å². The molecule has 0 aliphatic rings. The molecule has 2 rings (SSSR count). The topological polar surface area (TPSA) is 42.1 Å². The second-order valence-electron chi connectivity index (χ2n) is 4.21. The number of aromatic nitrogens is 1. The van der Waals surface area contributed by atoms with Crippen molar-refractivity contribution in [2.75, 3.05) is 0 Å². The van der Waals surface area contributed by atoms with E-state index in [4.69, 9.17) is 4.74 Å². The number of rotatable bonds is 2. The second-order valence-corrected chi connectivity index (χ2v) is 4.21. The largest absolute Gasteiger partial charge is 0.459 e. The second kappa shape index (κ2) is 4.00. The van der Waals surface area contributed by atoms with Crippen LogP contribution in [-0.2, 0) is 4.74 Å². The van der Waals surface area contributed by atoms with Gasteiger partial charge >= 0.3 is 5.97 Å². The monoisotopic (exact) mass is 217 g/mol. The maximum absolute atomic E-state index is 11.7. The Bertz CT molecular complexity index is 526. The summed E-state index contributed by atoms with van der Waals surface area (Å²) in [6.45, 7) is 5.68. The fraction of sp³-hybridized carbons (Fsp3) is 0.308. The predicted molar refractivity (Wildman–Crippen MR) is 63.6 cm³/mol. The first kappa shape index (κ1) is 10.7. The van der Waals surface area contributed by atoms with Crippen LogP contribution in [0.3, 0.4) is 0 Å². The number of hydrogen-bond donors (Lipinski definition) is 1. The predicted octanol–water partition coefficient (Wildman–Crippen LogP) is 3.04. The maximum Gasteiger partial charge on any atom is 0.338 e. The van der Waals surface area contributed by atoms with Gasteiger partial charge in [-0.2, -0.15) is 0 Å². The molecule has 0 aliphatic heterocycles. The van der Waals surface area contributed by atoms with Crippen LogP contribution in [0.2, 0.25) is 0 Å². The van der Waals surface area contributed by atoms with Gasteiger partial charge in [0.1, 0.15) is 0 Å². The minimum atomic E-state index is -0.268. The molecule has 2 aromatic rings. The highest BCUT2D eigenvalue weighted by Gasteiger charge is 2.10. The molecule has 1 heterocycles. The first-order valence-electron chi connectivity index (χ1n) is 5.36. The molecular weight excluding hydrogens is 202 g/mol. The lowest BCUT2D eigenvalue weighted by Crippen LogP contribution is -2.11. The van der Waals surface area contributed by atoms with E-state index in [2.05, 4.69) is 4.98 Å². The zero-order chi connectivity index (χ0) is 11.7. The molecule has 0 radical (unpaired) electrons. The van der Waals surface area contributed by atoms with Crippen molar-refractivity contribution in [3.63, 3.8) is 0 Å². The summed E-state index contributed by atoms with van der Waals surface area (Å²) in [6.07, 6.45) is -0.0869. The lowest BCUT2D eigenvalue weighted by atomic mass is 10.1. The van der Waals surface area contributed by atoms with Crippen LogP contribution in [-0.4, -0.2) is 17.1 Å². The lowest BCUT2D eigenvalue weighted by molar-refractivity contribution is 0.0378. The molecule has 84 valence electrons. The van der Waals surface area contributed by atoms with E-state index in [9.17, 15) is 4.79 Å². The molecule has 0 atom stereocenters. The van der Waals surface area contributed by atoms with Gasteiger partial charge in [0, 0.05) is 16.6 Å². The summed E-state index contributed by atoms with van der Waals surface area (Å²) in [5, 5.41) is 1.04. The average Bonchev–Trinajstić information content (AvgIpc) is 2.55. The zero-order valence-corrected chi connectivity index (χ0v) is 9.70. The molecule has 3 heteroatoms. The summed E-state index contributed by atoms with van der Waals surface area (Å²) in [6, 6.07) is 7.55. The number of nitrogens with one attached hydrogen (secondary N) is 1. The van der Waals surface area contributed by atoms with Gasteiger partial charge in [0.15, 0.2) is 0 Å². The summed E-state index contributed by atoms with van der Waals surface area (Å²) >= 11 is 0. The molecule has 1 aromatic carbocycles. The number of fused-ring (bicyclic) bond motifs is 1. The van der Waals surface area contributed by atoms with Crippen molar-refractivity contribution in [3.05, 3.63) is 35.5 Å². The molecule has 0 spiro atoms. The van der Waals surface area contributed by atoms with E-state index in [0.717, 1.165) is 16.6 Å². The Morgan fingerprint density at radius 3 is 2.75 bits per heavy atom. The van der Waals surface area contributed by atoms with Crippen molar-refractivity contribution in [2.24, 2.45) is 0 Å². The third-order valence-electron chi connectivity index (χ3n) is 2.33. The number of aryl methyl sites for hydroxylation is 1. The Kier molecular flexibility index (Phi) is 2.69. The van der Waals surface area contributed by atoms with Gasteiger partial charge in [0.05, 0.1) is 11.7 Å². The first-order valence-corrected chi connectivity index (χ1v) is 5.36. The summed E-state index contributed by atoms with van der Waals surface area (Å²) in [7, 11) is 0. The summed E-state index contributed by atoms with van der Waals surface area (Å²) in [5.74, 6) is -0.268. The van der Waals surface area contributed by atoms with Crippen molar-refractivity contribution in [1.82, 2.24) is 4.98 Å². The van der Waals surface area contributed by atoms with Gasteiger partial charge < -0.3 is 9.72 Å². The number of benzene rings is 1. The Labute approximate surface area is 94.4 Å². The van der Waals surface area contributed by atoms with Crippen molar-refractivity contribution < 1.29 is 9.53 Å². The SMILES string of the molecule is Cc1cc2cc(C(=O)OC(C)C)ccc2[nH]1. The number of esters is 1. The molecular formula is C13H15NO2. The smallest absolute Gasteiger partial charge is 0.338 e. The van der Waals surface area contributed by atoms with Crippen LogP contribution in [0.5, 0.6) is 0 Å². The van der Waals surface area contributed by atoms with Gasteiger partial charge in [0.25, 0.3) is 0 Å². The Morgan fingerprint density at radius 2 is 2.06 bits per heavy atom. The molecule has 16 heavy (non-hydrogen) atoms. The standard InChI is InChI=1S/C13H15NO2/c1-8(2)16-13(15)10-4-5-12-11(7-10)6-9(3)14-12/h4-8,14H,1-3H3. The third-order valence-corrected chi connectivity index (χ3v) is 2.33. The van der Waals surface area contributed by atoms with Crippen molar-refractivity contribution in [3.8, 4) is 0 Å². The summed E-state index contributed by atoms with van der Waals surface area (Å²) in [5.41, 5.74) is 2.73. The van der Waals surface area contributed by atoms with E-state index in [1.807, 2.05) is 39.0 Å². The van der Waals surface area contributed by atoms with Gasteiger partial charge in [-0.3, -0.25) is 0 Å². The molecule has 0 saturated carbocycles. The number of aromatic amines is 1. The van der Waals surface area contributed by atoms with E-state index in [1.165, 1.54) is 0 Å². The van der Waals surface area contributed by atoms with Crippen LogP contribution in [0.25, 0.3) is 10.9 Å². The summed E-state index contributed by atoms with van der Waals surface area (Å²) < 4.78 is 5.14. The Hall–Kier alpha value is -1.77. The van der Waals surface area contributed by atoms with Gasteiger partial charge in [-0.1, -0.05) is 0 Å². The van der Waals surface area contributed by atoms with Crippen LogP contribution >= 0.6 is 0 Å². The number of carbonyl (C=O) groups excluding carboxylic acids is 1. The molecule has 0 bridgehead atoms. The molecule has 0 amide bonds. The molecule has 0 unspecified atom stereocenters. The zero-order valence-electron chi connectivity index (χ0n) is 9.70. The lowest BCUT2D eigenvalue weighted by Gasteiger charge is -2.07. The van der Waals surface area contributed by atoms with Gasteiger partial charge in [-0.15, -0.1) is 0 Å². The van der Waals surface area contributed by atoms with Gasteiger partial charge in [0.2, 0.25) is 0 Å². The number of ether oxygens (including phenoxy) is 1. The summed E-state index contributed by atoms with van der Waals surface area (Å²) in [4.78, 5) is 14.9. The average molecular weight is 217 g/mol. The molecule has 1 aromatic heterocycles. The maximum atomic E-state index is 11.7. The minimum absolute atomic E-state index is 0.0869. The van der Waals surface area contributed by atoms with E-state index >= 15 is 0 Å². The van der Waals surface area contributed by atoms with Crippen molar-refractivity contribution >= 4 is 16.9 Å². The van der Waals surface area contributed by atoms with Crippen LogP contribution in [0.1, 0.15) is 29.9 Å². The van der Waals surface area contributed by atoms with Gasteiger partial charge in [-0.05, 0) is 45.0 Å². The highest BCUT2D eigenvalue weighted by Crippen LogP contribution is 2.17. The fourth-order valence-corrected chi connectivity index (χ4v) is 1.69. The van der Waals surface area contributed by atoms with E-state index in [0.29, 0.717) is 5.56 Å². The molecule has 0 saturated heterocycles. The van der Waals surface area contributed by atoms with Crippen molar-refractivity contribution in [1.29, 1.82) is 0 Å². The Balaban J connectivity index is 2.35. The Morgan fingerprint density at radius 1 is 1.31 bits per heavy atom. The fourth-order valence-electron chi connectivity index (χ4n) is 1.69. The molecule has 1 N–H and O–H groups in total.